The van der Waals surface area contributed by atoms with E-state index in [1.165, 1.54) is 43.3 Å². The Balaban J connectivity index is 2.00. The van der Waals surface area contributed by atoms with Crippen molar-refractivity contribution in [2.24, 2.45) is 0 Å². The molecule has 0 fully saturated rings. The third kappa shape index (κ3) is 5.51. The summed E-state index contributed by atoms with van der Waals surface area (Å²) >= 11 is 5.86. The quantitative estimate of drug-likeness (QED) is 0.682. The van der Waals surface area contributed by atoms with E-state index in [1.807, 2.05) is 0 Å². The number of esters is 1. The summed E-state index contributed by atoms with van der Waals surface area (Å²) in [4.78, 5) is 25.3. The molecule has 7 nitrogen and oxygen atoms in total. The second kappa shape index (κ2) is 9.13. The summed E-state index contributed by atoms with van der Waals surface area (Å²) < 4.78 is 43.8. The normalized spacial score (nSPS) is 11.1. The number of likely N-dealkylation sites (N-methyl/N-ethyl adjacent to an activating group) is 1. The number of sulfonamides is 1. The third-order valence-corrected chi connectivity index (χ3v) is 5.71. The molecule has 28 heavy (non-hydrogen) atoms. The van der Waals surface area contributed by atoms with Crippen molar-refractivity contribution in [3.05, 3.63) is 64.4 Å². The fourth-order valence-electron chi connectivity index (χ4n) is 2.22. The SMILES string of the molecule is CNS(=O)(=O)c1cc(C(=O)OCC(=O)N(C)Cc2ccc(F)cc2)ccc1Cl. The molecular formula is C18H18ClFN2O5S. The topological polar surface area (TPSA) is 92.8 Å². The van der Waals surface area contributed by atoms with Crippen LogP contribution in [-0.2, 0) is 26.1 Å². The number of ether oxygens (including phenoxy) is 1. The predicted molar refractivity (Wildman–Crippen MR) is 101 cm³/mol. The van der Waals surface area contributed by atoms with Gasteiger partial charge in [0, 0.05) is 13.6 Å². The van der Waals surface area contributed by atoms with Crippen LogP contribution in [0.1, 0.15) is 15.9 Å². The first-order chi connectivity index (χ1) is 13.1. The third-order valence-electron chi connectivity index (χ3n) is 3.81. The van der Waals surface area contributed by atoms with Crippen LogP contribution in [0.4, 0.5) is 4.39 Å². The van der Waals surface area contributed by atoms with Gasteiger partial charge in [-0.1, -0.05) is 23.7 Å². The van der Waals surface area contributed by atoms with Gasteiger partial charge in [-0.3, -0.25) is 4.79 Å². The lowest BCUT2D eigenvalue weighted by Gasteiger charge is -2.17. The van der Waals surface area contributed by atoms with Crippen LogP contribution < -0.4 is 4.72 Å². The molecule has 1 amide bonds. The van der Waals surface area contributed by atoms with Crippen molar-refractivity contribution < 1.29 is 27.1 Å². The van der Waals surface area contributed by atoms with E-state index in [0.29, 0.717) is 5.56 Å². The number of amides is 1. The number of benzene rings is 2. The highest BCUT2D eigenvalue weighted by Crippen LogP contribution is 2.22. The Morgan fingerprint density at radius 1 is 1.18 bits per heavy atom. The fraction of sp³-hybridized carbons (Fsp3) is 0.222. The van der Waals surface area contributed by atoms with Gasteiger partial charge >= 0.3 is 5.97 Å². The molecule has 2 aromatic carbocycles. The zero-order valence-corrected chi connectivity index (χ0v) is 16.7. The molecule has 150 valence electrons. The molecule has 0 unspecified atom stereocenters. The summed E-state index contributed by atoms with van der Waals surface area (Å²) in [6, 6.07) is 9.28. The largest absolute Gasteiger partial charge is 0.452 e. The van der Waals surface area contributed by atoms with Crippen LogP contribution in [0.3, 0.4) is 0 Å². The van der Waals surface area contributed by atoms with Crippen LogP contribution in [0, 0.1) is 5.82 Å². The molecule has 0 atom stereocenters. The maximum Gasteiger partial charge on any atom is 0.338 e. The minimum atomic E-state index is -3.86. The summed E-state index contributed by atoms with van der Waals surface area (Å²) in [6.07, 6.45) is 0. The molecule has 10 heteroatoms. The average Bonchev–Trinajstić information content (AvgIpc) is 2.67. The van der Waals surface area contributed by atoms with Crippen molar-refractivity contribution in [3.63, 3.8) is 0 Å². The van der Waals surface area contributed by atoms with E-state index in [2.05, 4.69) is 4.72 Å². The summed E-state index contributed by atoms with van der Waals surface area (Å²) in [7, 11) is -1.13. The van der Waals surface area contributed by atoms with E-state index in [4.69, 9.17) is 16.3 Å². The van der Waals surface area contributed by atoms with Crippen molar-refractivity contribution in [1.82, 2.24) is 9.62 Å². The van der Waals surface area contributed by atoms with E-state index >= 15 is 0 Å². The first kappa shape index (κ1) is 21.8. The van der Waals surface area contributed by atoms with Gasteiger partial charge in [0.15, 0.2) is 6.61 Å². The first-order valence-corrected chi connectivity index (χ1v) is 9.89. The number of rotatable bonds is 7. The molecule has 2 aromatic rings. The first-order valence-electron chi connectivity index (χ1n) is 8.02. The summed E-state index contributed by atoms with van der Waals surface area (Å²) in [5.74, 6) is -1.73. The van der Waals surface area contributed by atoms with Crippen molar-refractivity contribution in [3.8, 4) is 0 Å². The second-order valence-electron chi connectivity index (χ2n) is 5.81. The van der Waals surface area contributed by atoms with Crippen molar-refractivity contribution in [1.29, 1.82) is 0 Å². The fourth-order valence-corrected chi connectivity index (χ4v) is 3.47. The van der Waals surface area contributed by atoms with Gasteiger partial charge in [0.25, 0.3) is 5.91 Å². The van der Waals surface area contributed by atoms with Gasteiger partial charge in [-0.2, -0.15) is 0 Å². The van der Waals surface area contributed by atoms with Crippen LogP contribution in [0.15, 0.2) is 47.4 Å². The molecule has 0 saturated carbocycles. The van der Waals surface area contributed by atoms with Gasteiger partial charge < -0.3 is 9.64 Å². The second-order valence-corrected chi connectivity index (χ2v) is 8.07. The number of hydrogen-bond donors (Lipinski definition) is 1. The van der Waals surface area contributed by atoms with Gasteiger partial charge in [0.1, 0.15) is 10.7 Å². The lowest BCUT2D eigenvalue weighted by molar-refractivity contribution is -0.133. The Labute approximate surface area is 167 Å². The van der Waals surface area contributed by atoms with E-state index < -0.39 is 28.5 Å². The predicted octanol–water partition coefficient (Wildman–Crippen LogP) is 2.20. The van der Waals surface area contributed by atoms with E-state index in [1.54, 1.807) is 12.1 Å². The molecule has 0 spiro atoms. The van der Waals surface area contributed by atoms with Crippen molar-refractivity contribution in [2.45, 2.75) is 11.4 Å². The van der Waals surface area contributed by atoms with Gasteiger partial charge in [-0.15, -0.1) is 0 Å². The number of nitrogens with zero attached hydrogens (tertiary/aromatic N) is 1. The average molecular weight is 429 g/mol. The van der Waals surface area contributed by atoms with Crippen LogP contribution in [-0.4, -0.2) is 45.9 Å². The van der Waals surface area contributed by atoms with E-state index in [9.17, 15) is 22.4 Å². The van der Waals surface area contributed by atoms with Gasteiger partial charge in [-0.25, -0.2) is 22.3 Å². The highest BCUT2D eigenvalue weighted by Gasteiger charge is 2.20. The Kier molecular flexibility index (Phi) is 7.11. The van der Waals surface area contributed by atoms with Crippen molar-refractivity contribution >= 4 is 33.5 Å². The molecule has 0 aromatic heterocycles. The minimum Gasteiger partial charge on any atom is -0.452 e. The smallest absolute Gasteiger partial charge is 0.338 e. The standard InChI is InChI=1S/C18H18ClFN2O5S/c1-21-28(25,26)16-9-13(5-8-15(16)19)18(24)27-11-17(23)22(2)10-12-3-6-14(20)7-4-12/h3-9,21H,10-11H2,1-2H3. The van der Waals surface area contributed by atoms with Gasteiger partial charge in [-0.05, 0) is 42.9 Å². The van der Waals surface area contributed by atoms with Crippen LogP contribution in [0.2, 0.25) is 5.02 Å². The van der Waals surface area contributed by atoms with Crippen LogP contribution in [0.5, 0.6) is 0 Å². The molecule has 0 heterocycles. The Hall–Kier alpha value is -2.49. The lowest BCUT2D eigenvalue weighted by atomic mass is 10.2. The number of halogens is 2. The van der Waals surface area contributed by atoms with Crippen LogP contribution >= 0.6 is 11.6 Å². The molecule has 1 N–H and O–H groups in total. The minimum absolute atomic E-state index is 0.0546. The highest BCUT2D eigenvalue weighted by molar-refractivity contribution is 7.89. The van der Waals surface area contributed by atoms with Gasteiger partial charge in [0.2, 0.25) is 10.0 Å². The lowest BCUT2D eigenvalue weighted by Crippen LogP contribution is -2.30. The summed E-state index contributed by atoms with van der Waals surface area (Å²) in [5.41, 5.74) is 0.649. The maximum absolute atomic E-state index is 12.9. The molecule has 0 aliphatic heterocycles. The zero-order valence-electron chi connectivity index (χ0n) is 15.1. The molecule has 2 rings (SSSR count). The number of carbonyl (C=O) groups excluding carboxylic acids is 2. The molecule has 0 aliphatic carbocycles. The Morgan fingerprint density at radius 3 is 2.43 bits per heavy atom. The van der Waals surface area contributed by atoms with Crippen molar-refractivity contribution in [2.75, 3.05) is 20.7 Å². The number of hydrogen-bond acceptors (Lipinski definition) is 5. The summed E-state index contributed by atoms with van der Waals surface area (Å²) in [5, 5.41) is -0.0546. The Morgan fingerprint density at radius 2 is 1.82 bits per heavy atom. The monoisotopic (exact) mass is 428 g/mol. The zero-order chi connectivity index (χ0) is 20.9. The number of nitrogens with one attached hydrogen (secondary N) is 1. The van der Waals surface area contributed by atoms with Crippen LogP contribution in [0.25, 0.3) is 0 Å². The Bertz CT molecular complexity index is 980. The summed E-state index contributed by atoms with van der Waals surface area (Å²) in [6.45, 7) is -0.324. The van der Waals surface area contributed by atoms with E-state index in [-0.39, 0.29) is 27.8 Å². The molecule has 0 saturated heterocycles. The molecule has 0 radical (unpaired) electrons. The highest BCUT2D eigenvalue weighted by atomic mass is 35.5. The molecular weight excluding hydrogens is 411 g/mol. The van der Waals surface area contributed by atoms with E-state index in [0.717, 1.165) is 6.07 Å². The number of carbonyl (C=O) groups is 2. The molecule has 0 bridgehead atoms. The van der Waals surface area contributed by atoms with Gasteiger partial charge in [0.05, 0.1) is 10.6 Å². The molecule has 0 aliphatic rings. The maximum atomic E-state index is 12.9.